The van der Waals surface area contributed by atoms with E-state index in [4.69, 9.17) is 4.98 Å². The SMILES string of the molecule is CCc1cccc2sc(N(CCCn3ccnc3)C(=O)CC(c3ccccc3)c3ccccc3)nc12. The molecule has 0 unspecified atom stereocenters. The summed E-state index contributed by atoms with van der Waals surface area (Å²) >= 11 is 1.60. The minimum absolute atomic E-state index is 0.0170. The van der Waals surface area contributed by atoms with Gasteiger partial charge in [-0.25, -0.2) is 9.97 Å². The van der Waals surface area contributed by atoms with Crippen molar-refractivity contribution in [3.05, 3.63) is 114 Å². The maximum Gasteiger partial charge on any atom is 0.229 e. The van der Waals surface area contributed by atoms with Crippen LogP contribution in [0.3, 0.4) is 0 Å². The molecule has 182 valence electrons. The Morgan fingerprint density at radius 1 is 0.972 bits per heavy atom. The largest absolute Gasteiger partial charge is 0.337 e. The van der Waals surface area contributed by atoms with Crippen LogP contribution in [0.1, 0.15) is 42.4 Å². The van der Waals surface area contributed by atoms with E-state index in [2.05, 4.69) is 54.4 Å². The lowest BCUT2D eigenvalue weighted by Gasteiger charge is -2.24. The molecule has 0 N–H and O–H groups in total. The molecule has 5 aromatic rings. The molecule has 2 heterocycles. The van der Waals surface area contributed by atoms with Crippen molar-refractivity contribution in [3.63, 3.8) is 0 Å². The lowest BCUT2D eigenvalue weighted by atomic mass is 9.88. The third-order valence-electron chi connectivity index (χ3n) is 6.54. The second kappa shape index (κ2) is 11.3. The summed E-state index contributed by atoms with van der Waals surface area (Å²) in [5.41, 5.74) is 4.52. The van der Waals surface area contributed by atoms with E-state index in [1.54, 1.807) is 17.5 Å². The first-order valence-corrected chi connectivity index (χ1v) is 13.3. The van der Waals surface area contributed by atoms with Gasteiger partial charge >= 0.3 is 0 Å². The van der Waals surface area contributed by atoms with Crippen LogP contribution in [-0.4, -0.2) is 27.0 Å². The molecule has 36 heavy (non-hydrogen) atoms. The second-order valence-electron chi connectivity index (χ2n) is 8.89. The highest BCUT2D eigenvalue weighted by Crippen LogP contribution is 2.34. The number of para-hydroxylation sites is 1. The summed E-state index contributed by atoms with van der Waals surface area (Å²) in [6.45, 7) is 3.55. The van der Waals surface area contributed by atoms with Crippen LogP contribution in [0.5, 0.6) is 0 Å². The molecule has 1 amide bonds. The van der Waals surface area contributed by atoms with Crippen molar-refractivity contribution in [1.82, 2.24) is 14.5 Å². The Labute approximate surface area is 216 Å². The number of imidazole rings is 1. The number of aromatic nitrogens is 3. The number of thiazole rings is 1. The number of nitrogens with zero attached hydrogens (tertiary/aromatic N) is 4. The molecule has 5 nitrogen and oxygen atoms in total. The molecule has 5 rings (SSSR count). The maximum atomic E-state index is 14.0. The second-order valence-corrected chi connectivity index (χ2v) is 9.90. The molecule has 2 aromatic heterocycles. The van der Waals surface area contributed by atoms with Crippen molar-refractivity contribution in [1.29, 1.82) is 0 Å². The molecule has 0 saturated carbocycles. The Kier molecular flexibility index (Phi) is 7.52. The molecule has 0 saturated heterocycles. The van der Waals surface area contributed by atoms with Crippen LogP contribution in [0, 0.1) is 0 Å². The number of fused-ring (bicyclic) bond motifs is 1. The Hall–Kier alpha value is -3.77. The summed E-state index contributed by atoms with van der Waals surface area (Å²) in [6, 6.07) is 26.9. The van der Waals surface area contributed by atoms with Gasteiger partial charge in [-0.1, -0.05) is 91.1 Å². The molecule has 0 spiro atoms. The van der Waals surface area contributed by atoms with Gasteiger partial charge in [0.25, 0.3) is 0 Å². The highest BCUT2D eigenvalue weighted by atomic mass is 32.1. The van der Waals surface area contributed by atoms with Crippen molar-refractivity contribution in [2.75, 3.05) is 11.4 Å². The standard InChI is InChI=1S/C30H30N4OS/c1-2-23-15-9-16-27-29(23)32-30(36-27)34(19-10-18-33-20-17-31-22-33)28(35)21-26(24-11-5-3-6-12-24)25-13-7-4-8-14-25/h3-9,11-17,20,22,26H,2,10,18-19,21H2,1H3. The van der Waals surface area contributed by atoms with Gasteiger partial charge in [0.2, 0.25) is 5.91 Å². The monoisotopic (exact) mass is 494 g/mol. The van der Waals surface area contributed by atoms with E-state index in [0.717, 1.165) is 45.9 Å². The molecule has 0 fully saturated rings. The molecule has 0 aliphatic heterocycles. The summed E-state index contributed by atoms with van der Waals surface area (Å²) < 4.78 is 3.17. The van der Waals surface area contributed by atoms with Gasteiger partial charge in [-0.2, -0.15) is 0 Å². The quantitative estimate of drug-likeness (QED) is 0.217. The number of benzene rings is 3. The van der Waals surface area contributed by atoms with Crippen molar-refractivity contribution < 1.29 is 4.79 Å². The fraction of sp³-hybridized carbons (Fsp3) is 0.233. The fourth-order valence-corrected chi connectivity index (χ4v) is 5.69. The Balaban J connectivity index is 1.46. The highest BCUT2D eigenvalue weighted by molar-refractivity contribution is 7.22. The van der Waals surface area contributed by atoms with E-state index < -0.39 is 0 Å². The summed E-state index contributed by atoms with van der Waals surface area (Å²) in [4.78, 5) is 25.0. The molecule has 3 aromatic carbocycles. The summed E-state index contributed by atoms with van der Waals surface area (Å²) in [7, 11) is 0. The van der Waals surface area contributed by atoms with E-state index >= 15 is 0 Å². The van der Waals surface area contributed by atoms with Crippen LogP contribution in [0.4, 0.5) is 5.13 Å². The molecule has 0 aliphatic rings. The van der Waals surface area contributed by atoms with Gasteiger partial charge in [-0.3, -0.25) is 9.69 Å². The number of amides is 1. The predicted octanol–water partition coefficient (Wildman–Crippen LogP) is 6.70. The Bertz CT molecular complexity index is 1360. The zero-order valence-electron chi connectivity index (χ0n) is 20.5. The highest BCUT2D eigenvalue weighted by Gasteiger charge is 2.25. The van der Waals surface area contributed by atoms with Gasteiger partial charge in [0.1, 0.15) is 0 Å². The molecule has 0 aliphatic carbocycles. The van der Waals surface area contributed by atoms with Gasteiger partial charge in [-0.05, 0) is 35.6 Å². The van der Waals surface area contributed by atoms with E-state index in [1.165, 1.54) is 5.56 Å². The topological polar surface area (TPSA) is 51.0 Å². The number of hydrogen-bond acceptors (Lipinski definition) is 4. The van der Waals surface area contributed by atoms with Gasteiger partial charge in [0.15, 0.2) is 5.13 Å². The number of carbonyl (C=O) groups excluding carboxylic acids is 1. The molecule has 0 radical (unpaired) electrons. The number of anilines is 1. The maximum absolute atomic E-state index is 14.0. The first-order valence-electron chi connectivity index (χ1n) is 12.5. The van der Waals surface area contributed by atoms with Crippen LogP contribution in [0.2, 0.25) is 0 Å². The molecular formula is C30H30N4OS. The first kappa shape index (κ1) is 23.9. The third-order valence-corrected chi connectivity index (χ3v) is 7.59. The smallest absolute Gasteiger partial charge is 0.229 e. The minimum atomic E-state index is -0.0170. The number of hydrogen-bond donors (Lipinski definition) is 0. The first-order chi connectivity index (χ1) is 17.7. The van der Waals surface area contributed by atoms with Crippen LogP contribution in [0.15, 0.2) is 97.6 Å². The minimum Gasteiger partial charge on any atom is -0.337 e. The van der Waals surface area contributed by atoms with E-state index in [-0.39, 0.29) is 11.8 Å². The fourth-order valence-electron chi connectivity index (χ4n) is 4.64. The van der Waals surface area contributed by atoms with Crippen LogP contribution < -0.4 is 4.90 Å². The number of carbonyl (C=O) groups is 1. The van der Waals surface area contributed by atoms with Gasteiger partial charge in [-0.15, -0.1) is 0 Å². The molecule has 0 bridgehead atoms. The van der Waals surface area contributed by atoms with Gasteiger partial charge < -0.3 is 4.57 Å². The van der Waals surface area contributed by atoms with Crippen LogP contribution in [0.25, 0.3) is 10.2 Å². The Morgan fingerprint density at radius 3 is 2.33 bits per heavy atom. The third kappa shape index (κ3) is 5.39. The summed E-state index contributed by atoms with van der Waals surface area (Å²) in [5, 5.41) is 0.779. The summed E-state index contributed by atoms with van der Waals surface area (Å²) in [5.74, 6) is 0.0760. The van der Waals surface area contributed by atoms with E-state index in [0.29, 0.717) is 13.0 Å². The van der Waals surface area contributed by atoms with Gasteiger partial charge in [0.05, 0.1) is 16.5 Å². The lowest BCUT2D eigenvalue weighted by molar-refractivity contribution is -0.118. The lowest BCUT2D eigenvalue weighted by Crippen LogP contribution is -2.33. The zero-order chi connectivity index (χ0) is 24.7. The van der Waals surface area contributed by atoms with Crippen molar-refractivity contribution >= 4 is 32.6 Å². The van der Waals surface area contributed by atoms with Crippen LogP contribution >= 0.6 is 11.3 Å². The van der Waals surface area contributed by atoms with Crippen molar-refractivity contribution in [2.24, 2.45) is 0 Å². The number of rotatable bonds is 10. The van der Waals surface area contributed by atoms with Crippen LogP contribution in [-0.2, 0) is 17.8 Å². The number of aryl methyl sites for hydroxylation is 2. The predicted molar refractivity (Wildman–Crippen MR) is 148 cm³/mol. The molecule has 0 atom stereocenters. The molecule has 6 heteroatoms. The molecular weight excluding hydrogens is 464 g/mol. The average molecular weight is 495 g/mol. The van der Waals surface area contributed by atoms with E-state index in [9.17, 15) is 4.79 Å². The van der Waals surface area contributed by atoms with Crippen molar-refractivity contribution in [2.45, 2.75) is 38.6 Å². The van der Waals surface area contributed by atoms with E-state index in [1.807, 2.05) is 58.4 Å². The summed E-state index contributed by atoms with van der Waals surface area (Å²) in [6.07, 6.45) is 7.68. The zero-order valence-corrected chi connectivity index (χ0v) is 21.3. The Morgan fingerprint density at radius 2 is 1.69 bits per heavy atom. The van der Waals surface area contributed by atoms with Gasteiger partial charge in [0, 0.05) is 37.8 Å². The average Bonchev–Trinajstić information content (AvgIpc) is 3.60. The van der Waals surface area contributed by atoms with Crippen molar-refractivity contribution in [3.8, 4) is 0 Å². The normalized spacial score (nSPS) is 11.3.